The summed E-state index contributed by atoms with van der Waals surface area (Å²) in [6, 6.07) is 6.18. The molecule has 0 bridgehead atoms. The summed E-state index contributed by atoms with van der Waals surface area (Å²) in [6.45, 7) is 6.14. The lowest BCUT2D eigenvalue weighted by molar-refractivity contribution is -0.139. The third kappa shape index (κ3) is 5.42. The van der Waals surface area contributed by atoms with Gasteiger partial charge in [0.05, 0.1) is 12.4 Å². The Morgan fingerprint density at radius 3 is 2.83 bits per heavy atom. The molecule has 0 radical (unpaired) electrons. The first-order valence-electron chi connectivity index (χ1n) is 5.95. The Balaban J connectivity index is 2.54. The van der Waals surface area contributed by atoms with Gasteiger partial charge < -0.3 is 10.1 Å². The quantitative estimate of drug-likeness (QED) is 0.615. The SMILES string of the molecule is CCNCc1ccc(SCC(=O)OCC)c(Br)c1. The molecule has 0 saturated heterocycles. The van der Waals surface area contributed by atoms with Crippen molar-refractivity contribution in [3.63, 3.8) is 0 Å². The number of benzene rings is 1. The Labute approximate surface area is 121 Å². The van der Waals surface area contributed by atoms with E-state index in [1.54, 1.807) is 0 Å². The molecule has 5 heteroatoms. The molecule has 1 aromatic carbocycles. The molecule has 0 unspecified atom stereocenters. The fourth-order valence-corrected chi connectivity index (χ4v) is 2.87. The van der Waals surface area contributed by atoms with Gasteiger partial charge in [-0.05, 0) is 47.1 Å². The topological polar surface area (TPSA) is 38.3 Å². The number of carbonyl (C=O) groups excluding carboxylic acids is 1. The fourth-order valence-electron chi connectivity index (χ4n) is 1.38. The lowest BCUT2D eigenvalue weighted by Gasteiger charge is -2.07. The van der Waals surface area contributed by atoms with Crippen LogP contribution in [0.5, 0.6) is 0 Å². The normalized spacial score (nSPS) is 10.4. The predicted octanol–water partition coefficient (Wildman–Crippen LogP) is 3.21. The summed E-state index contributed by atoms with van der Waals surface area (Å²) in [6.07, 6.45) is 0. The van der Waals surface area contributed by atoms with E-state index in [1.165, 1.54) is 17.3 Å². The number of carbonyl (C=O) groups is 1. The smallest absolute Gasteiger partial charge is 0.316 e. The summed E-state index contributed by atoms with van der Waals surface area (Å²) >= 11 is 5.01. The second-order valence-electron chi connectivity index (χ2n) is 3.64. The van der Waals surface area contributed by atoms with Crippen LogP contribution in [0.4, 0.5) is 0 Å². The number of ether oxygens (including phenoxy) is 1. The Bertz CT molecular complexity index is 399. The maximum Gasteiger partial charge on any atom is 0.316 e. The Hall–Kier alpha value is -0.520. The van der Waals surface area contributed by atoms with E-state index in [1.807, 2.05) is 13.0 Å². The van der Waals surface area contributed by atoms with Gasteiger partial charge in [-0.25, -0.2) is 0 Å². The van der Waals surface area contributed by atoms with Gasteiger partial charge in [-0.3, -0.25) is 4.79 Å². The number of hydrogen-bond acceptors (Lipinski definition) is 4. The van der Waals surface area contributed by atoms with Crippen LogP contribution in [0.2, 0.25) is 0 Å². The highest BCUT2D eigenvalue weighted by molar-refractivity contribution is 9.10. The van der Waals surface area contributed by atoms with Gasteiger partial charge >= 0.3 is 5.97 Å². The molecule has 0 aromatic heterocycles. The largest absolute Gasteiger partial charge is 0.465 e. The standard InChI is InChI=1S/C13H18BrNO2S/c1-3-15-8-10-5-6-12(11(14)7-10)18-9-13(16)17-4-2/h5-7,15H,3-4,8-9H2,1-2H3. The molecule has 1 N–H and O–H groups in total. The molecule has 0 aliphatic carbocycles. The van der Waals surface area contributed by atoms with Crippen LogP contribution in [0, 0.1) is 0 Å². The van der Waals surface area contributed by atoms with Gasteiger partial charge in [-0.1, -0.05) is 13.0 Å². The van der Waals surface area contributed by atoms with Gasteiger partial charge in [0, 0.05) is 15.9 Å². The van der Waals surface area contributed by atoms with Crippen LogP contribution in [0.3, 0.4) is 0 Å². The second kappa shape index (κ2) is 8.56. The average molecular weight is 332 g/mol. The van der Waals surface area contributed by atoms with Crippen LogP contribution in [-0.2, 0) is 16.1 Å². The van der Waals surface area contributed by atoms with Crippen LogP contribution in [-0.4, -0.2) is 24.9 Å². The Morgan fingerprint density at radius 1 is 1.44 bits per heavy atom. The summed E-state index contributed by atoms with van der Waals surface area (Å²) in [5.74, 6) is 0.171. The van der Waals surface area contributed by atoms with Crippen molar-refractivity contribution in [1.82, 2.24) is 5.32 Å². The lowest BCUT2D eigenvalue weighted by Crippen LogP contribution is -2.11. The van der Waals surface area contributed by atoms with E-state index in [-0.39, 0.29) is 5.97 Å². The zero-order chi connectivity index (χ0) is 13.4. The maximum atomic E-state index is 11.3. The van der Waals surface area contributed by atoms with Gasteiger partial charge in [0.25, 0.3) is 0 Å². The minimum Gasteiger partial charge on any atom is -0.465 e. The molecule has 0 saturated carbocycles. The molecular formula is C13H18BrNO2S. The van der Waals surface area contributed by atoms with Crippen molar-refractivity contribution in [3.05, 3.63) is 28.2 Å². The maximum absolute atomic E-state index is 11.3. The highest BCUT2D eigenvalue weighted by Gasteiger charge is 2.06. The van der Waals surface area contributed by atoms with Crippen molar-refractivity contribution in [3.8, 4) is 0 Å². The van der Waals surface area contributed by atoms with Gasteiger partial charge in [0.2, 0.25) is 0 Å². The van der Waals surface area contributed by atoms with Crippen molar-refractivity contribution >= 4 is 33.7 Å². The van der Waals surface area contributed by atoms with Crippen LogP contribution in [0.15, 0.2) is 27.6 Å². The minimum absolute atomic E-state index is 0.175. The summed E-state index contributed by atoms with van der Waals surface area (Å²) in [5.41, 5.74) is 1.23. The van der Waals surface area contributed by atoms with Gasteiger partial charge in [0.1, 0.15) is 0 Å². The van der Waals surface area contributed by atoms with Crippen molar-refractivity contribution in [1.29, 1.82) is 0 Å². The highest BCUT2D eigenvalue weighted by atomic mass is 79.9. The first kappa shape index (κ1) is 15.5. The molecule has 0 heterocycles. The van der Waals surface area contributed by atoms with Gasteiger partial charge in [-0.15, -0.1) is 11.8 Å². The highest BCUT2D eigenvalue weighted by Crippen LogP contribution is 2.28. The summed E-state index contributed by atoms with van der Waals surface area (Å²) in [5, 5.41) is 3.28. The minimum atomic E-state index is -0.175. The average Bonchev–Trinajstić information content (AvgIpc) is 2.35. The van der Waals surface area contributed by atoms with E-state index >= 15 is 0 Å². The van der Waals surface area contributed by atoms with Crippen LogP contribution in [0.25, 0.3) is 0 Å². The van der Waals surface area contributed by atoms with Gasteiger partial charge in [0.15, 0.2) is 0 Å². The molecule has 3 nitrogen and oxygen atoms in total. The zero-order valence-electron chi connectivity index (χ0n) is 10.7. The van der Waals surface area contributed by atoms with E-state index in [0.717, 1.165) is 22.5 Å². The van der Waals surface area contributed by atoms with Crippen molar-refractivity contribution < 1.29 is 9.53 Å². The third-order valence-electron chi connectivity index (χ3n) is 2.23. The van der Waals surface area contributed by atoms with Gasteiger partial charge in [-0.2, -0.15) is 0 Å². The number of rotatable bonds is 7. The van der Waals surface area contributed by atoms with Crippen LogP contribution in [0.1, 0.15) is 19.4 Å². The van der Waals surface area contributed by atoms with Crippen molar-refractivity contribution in [2.45, 2.75) is 25.3 Å². The van der Waals surface area contributed by atoms with Crippen LogP contribution >= 0.6 is 27.7 Å². The molecule has 1 aromatic rings. The first-order chi connectivity index (χ1) is 8.67. The lowest BCUT2D eigenvalue weighted by atomic mass is 10.2. The Morgan fingerprint density at radius 2 is 2.22 bits per heavy atom. The Kier molecular flexibility index (Phi) is 7.39. The van der Waals surface area contributed by atoms with E-state index in [0.29, 0.717) is 12.4 Å². The fraction of sp³-hybridized carbons (Fsp3) is 0.462. The van der Waals surface area contributed by atoms with Crippen molar-refractivity contribution in [2.24, 2.45) is 0 Å². The number of hydrogen-bond donors (Lipinski definition) is 1. The molecular weight excluding hydrogens is 314 g/mol. The summed E-state index contributed by atoms with van der Waals surface area (Å²) in [4.78, 5) is 12.3. The number of nitrogens with one attached hydrogen (secondary N) is 1. The van der Waals surface area contributed by atoms with E-state index in [2.05, 4.69) is 40.3 Å². The number of thioether (sulfide) groups is 1. The zero-order valence-corrected chi connectivity index (χ0v) is 13.1. The molecule has 1 rings (SSSR count). The molecule has 0 aliphatic rings. The molecule has 0 amide bonds. The summed E-state index contributed by atoms with van der Waals surface area (Å²) < 4.78 is 5.92. The third-order valence-corrected chi connectivity index (χ3v) is 4.19. The van der Waals surface area contributed by atoms with Crippen molar-refractivity contribution in [2.75, 3.05) is 18.9 Å². The van der Waals surface area contributed by atoms with E-state index < -0.39 is 0 Å². The second-order valence-corrected chi connectivity index (χ2v) is 5.51. The molecule has 0 spiro atoms. The number of esters is 1. The summed E-state index contributed by atoms with van der Waals surface area (Å²) in [7, 11) is 0. The van der Waals surface area contributed by atoms with Crippen LogP contribution < -0.4 is 5.32 Å². The molecule has 0 atom stereocenters. The first-order valence-corrected chi connectivity index (χ1v) is 7.72. The molecule has 100 valence electrons. The molecule has 18 heavy (non-hydrogen) atoms. The predicted molar refractivity (Wildman–Crippen MR) is 78.9 cm³/mol. The van der Waals surface area contributed by atoms with E-state index in [9.17, 15) is 4.79 Å². The van der Waals surface area contributed by atoms with E-state index in [4.69, 9.17) is 4.74 Å². The molecule has 0 fully saturated rings. The molecule has 0 aliphatic heterocycles. The number of halogens is 1. The monoisotopic (exact) mass is 331 g/mol.